The minimum absolute atomic E-state index is 0.0964. The molecule has 0 aliphatic rings. The van der Waals surface area contributed by atoms with Crippen molar-refractivity contribution < 1.29 is 87.8 Å². The average Bonchev–Trinajstić information content (AvgIpc) is 3.73. The van der Waals surface area contributed by atoms with Gasteiger partial charge in [-0.15, -0.1) is 0 Å². The van der Waals surface area contributed by atoms with Gasteiger partial charge in [-0.25, -0.2) is 0 Å². The van der Waals surface area contributed by atoms with E-state index in [0.717, 1.165) is 16.7 Å². The molecule has 4 aromatic rings. The minimum atomic E-state index is -0.452. The molecule has 3 unspecified atom stereocenters. The predicted octanol–water partition coefficient (Wildman–Crippen LogP) is 9.79. The summed E-state index contributed by atoms with van der Waals surface area (Å²) in [5, 5.41) is 57.9. The molecule has 0 heterocycles. The molecule has 6 N–H and O–H groups in total. The van der Waals surface area contributed by atoms with Crippen molar-refractivity contribution in [2.75, 3.05) is 37.1 Å². The van der Waals surface area contributed by atoms with Crippen LogP contribution < -0.4 is 0 Å². The van der Waals surface area contributed by atoms with Gasteiger partial charge in [-0.1, -0.05) is 73.9 Å². The first-order valence-electron chi connectivity index (χ1n) is 30.0. The van der Waals surface area contributed by atoms with Crippen LogP contribution in [0.5, 0.6) is 0 Å². The summed E-state index contributed by atoms with van der Waals surface area (Å²) in [7, 11) is 0. The van der Waals surface area contributed by atoms with Gasteiger partial charge in [0.25, 0.3) is 0 Å². The Kier molecular flexibility index (Phi) is 36.8. The molecular weight excluding hydrogens is 1180 g/mol. The van der Waals surface area contributed by atoms with E-state index >= 15 is 0 Å². The molecule has 18 nitrogen and oxygen atoms in total. The SMILES string of the molecule is CCOC(=O)C(CCCCC(=O)OCc1cc(COC(=O)CCCCC(CSCc2cc(CO)cc(CO)c2)C(=O)OCC)cc(COC(=O)CCCCC(CSCc2cc(CO)cc(CO)c2)C(=O)OCC)c1)CSCc1cc(CO)cc(CO)c1. The summed E-state index contributed by atoms with van der Waals surface area (Å²) in [6, 6.07) is 21.7. The summed E-state index contributed by atoms with van der Waals surface area (Å²) >= 11 is 4.65. The van der Waals surface area contributed by atoms with Crippen molar-refractivity contribution in [2.24, 2.45) is 17.8 Å². The number of hydrogen-bond donors (Lipinski definition) is 6. The molecular formula is C66H90O18S3. The van der Waals surface area contributed by atoms with Crippen LogP contribution in [0.2, 0.25) is 0 Å². The molecule has 0 saturated carbocycles. The van der Waals surface area contributed by atoms with Crippen LogP contribution in [0.3, 0.4) is 0 Å². The van der Waals surface area contributed by atoms with Gasteiger partial charge in [0.05, 0.1) is 77.2 Å². The maximum atomic E-state index is 13.1. The van der Waals surface area contributed by atoms with Crippen molar-refractivity contribution in [2.45, 2.75) is 175 Å². The van der Waals surface area contributed by atoms with Crippen molar-refractivity contribution in [3.05, 3.63) is 140 Å². The highest BCUT2D eigenvalue weighted by atomic mass is 32.2. The number of unbranched alkanes of at least 4 members (excludes halogenated alkanes) is 3. The largest absolute Gasteiger partial charge is 0.466 e. The highest BCUT2D eigenvalue weighted by molar-refractivity contribution is 7.99. The Balaban J connectivity index is 1.33. The third kappa shape index (κ3) is 29.6. The zero-order valence-electron chi connectivity index (χ0n) is 50.7. The van der Waals surface area contributed by atoms with E-state index in [-0.39, 0.29) is 116 Å². The Hall–Kier alpha value is -5.49. The Morgan fingerprint density at radius 2 is 0.540 bits per heavy atom. The number of carbonyl (C=O) groups excluding carboxylic acids is 6. The quantitative estimate of drug-likeness (QED) is 0.0136. The Morgan fingerprint density at radius 1 is 0.322 bits per heavy atom. The standard InChI is InChI=1S/C66H90O18S3/c1-4-79-64(76)58(43-85-40-55-22-46(31-67)19-47(23-55)32-68)13-7-10-16-61(73)82-37-52-28-53(38-83-62(74)17-11-8-14-59(65(77)80-5-2)44-86-41-56-24-48(33-69)20-49(25-56)34-70)30-54(29-52)39-84-63(75)18-12-9-15-60(66(78)81-6-3)45-87-42-57-26-50(35-71)21-51(27-57)36-72/h19-30,58-60,67-72H,4-18,31-45H2,1-3H3. The van der Waals surface area contributed by atoms with Crippen LogP contribution in [-0.4, -0.2) is 104 Å². The third-order valence-electron chi connectivity index (χ3n) is 13.9. The van der Waals surface area contributed by atoms with E-state index in [9.17, 15) is 59.4 Å². The highest BCUT2D eigenvalue weighted by Crippen LogP contribution is 2.27. The lowest BCUT2D eigenvalue weighted by atomic mass is 10.0. The van der Waals surface area contributed by atoms with E-state index in [1.165, 1.54) is 0 Å². The van der Waals surface area contributed by atoms with Gasteiger partial charge in [0.15, 0.2) is 0 Å². The van der Waals surface area contributed by atoms with E-state index in [1.807, 2.05) is 36.4 Å². The molecule has 0 bridgehead atoms. The molecule has 4 aromatic carbocycles. The van der Waals surface area contributed by atoms with Crippen molar-refractivity contribution in [3.63, 3.8) is 0 Å². The molecule has 0 saturated heterocycles. The van der Waals surface area contributed by atoms with E-state index in [1.54, 1.807) is 92.5 Å². The lowest BCUT2D eigenvalue weighted by Gasteiger charge is -2.16. The van der Waals surface area contributed by atoms with Crippen molar-refractivity contribution in [1.29, 1.82) is 0 Å². The molecule has 3 atom stereocenters. The molecule has 0 aliphatic heterocycles. The number of aliphatic hydroxyl groups is 6. The van der Waals surface area contributed by atoms with Gasteiger partial charge in [-0.05, 0) is 144 Å². The van der Waals surface area contributed by atoms with Crippen molar-refractivity contribution in [3.8, 4) is 0 Å². The maximum absolute atomic E-state index is 13.1. The van der Waals surface area contributed by atoms with Gasteiger partial charge in [0, 0.05) is 53.8 Å². The number of rotatable bonds is 45. The smallest absolute Gasteiger partial charge is 0.309 e. The average molecular weight is 1270 g/mol. The monoisotopic (exact) mass is 1270 g/mol. The van der Waals surface area contributed by atoms with Crippen LogP contribution in [0.1, 0.15) is 165 Å². The van der Waals surface area contributed by atoms with Crippen LogP contribution in [0.25, 0.3) is 0 Å². The molecule has 4 rings (SSSR count). The molecule has 0 aliphatic carbocycles. The first-order chi connectivity index (χ1) is 42.1. The number of carbonyl (C=O) groups is 6. The summed E-state index contributed by atoms with van der Waals surface area (Å²) in [6.45, 7) is 4.71. The fourth-order valence-electron chi connectivity index (χ4n) is 9.64. The van der Waals surface area contributed by atoms with E-state index in [4.69, 9.17) is 28.4 Å². The first kappa shape index (κ1) is 74.0. The molecule has 480 valence electrons. The van der Waals surface area contributed by atoms with Gasteiger partial charge in [-0.3, -0.25) is 28.8 Å². The lowest BCUT2D eigenvalue weighted by Crippen LogP contribution is -2.20. The lowest BCUT2D eigenvalue weighted by molar-refractivity contribution is -0.148. The molecule has 0 aromatic heterocycles. The molecule has 0 amide bonds. The van der Waals surface area contributed by atoms with Gasteiger partial charge in [-0.2, -0.15) is 35.3 Å². The number of thioether (sulfide) groups is 3. The van der Waals surface area contributed by atoms with Crippen molar-refractivity contribution in [1.82, 2.24) is 0 Å². The van der Waals surface area contributed by atoms with Crippen LogP contribution in [0.4, 0.5) is 0 Å². The summed E-state index contributed by atoms with van der Waals surface area (Å²) in [5.41, 5.74) is 8.69. The number of esters is 6. The zero-order valence-corrected chi connectivity index (χ0v) is 53.1. The Labute approximate surface area is 525 Å². The summed E-state index contributed by atoms with van der Waals surface area (Å²) < 4.78 is 33.2. The van der Waals surface area contributed by atoms with Crippen molar-refractivity contribution >= 4 is 71.1 Å². The third-order valence-corrected chi connectivity index (χ3v) is 17.4. The maximum Gasteiger partial charge on any atom is 0.309 e. The number of ether oxygens (including phenoxy) is 6. The zero-order chi connectivity index (χ0) is 63.2. The van der Waals surface area contributed by atoms with E-state index in [2.05, 4.69) is 0 Å². The molecule has 87 heavy (non-hydrogen) atoms. The number of hydrogen-bond acceptors (Lipinski definition) is 21. The topological polar surface area (TPSA) is 279 Å². The van der Waals surface area contributed by atoms with Gasteiger partial charge < -0.3 is 59.1 Å². The van der Waals surface area contributed by atoms with E-state index < -0.39 is 35.7 Å². The summed E-state index contributed by atoms with van der Waals surface area (Å²) in [5.74, 6) is -0.353. The normalized spacial score (nSPS) is 12.2. The second kappa shape index (κ2) is 43.2. The van der Waals surface area contributed by atoms with Gasteiger partial charge in [0.1, 0.15) is 19.8 Å². The second-order valence-electron chi connectivity index (χ2n) is 21.2. The Bertz CT molecular complexity index is 2370. The second-order valence-corrected chi connectivity index (χ2v) is 24.3. The fraction of sp³-hybridized carbons (Fsp3) is 0.545. The number of aliphatic hydroxyl groups excluding tert-OH is 6. The van der Waals surface area contributed by atoms with Crippen LogP contribution in [0, 0.1) is 17.8 Å². The molecule has 21 heteroatoms. The molecule has 0 fully saturated rings. The fourth-order valence-corrected chi connectivity index (χ4v) is 13.0. The summed E-state index contributed by atoms with van der Waals surface area (Å²) in [4.78, 5) is 78.2. The van der Waals surface area contributed by atoms with Crippen LogP contribution >= 0.6 is 35.3 Å². The van der Waals surface area contributed by atoms with Gasteiger partial charge in [0.2, 0.25) is 0 Å². The van der Waals surface area contributed by atoms with Crippen LogP contribution in [-0.2, 0) is 134 Å². The van der Waals surface area contributed by atoms with Crippen LogP contribution in [0.15, 0.2) is 72.8 Å². The Morgan fingerprint density at radius 3 is 0.759 bits per heavy atom. The minimum Gasteiger partial charge on any atom is -0.466 e. The molecule has 0 radical (unpaired) electrons. The first-order valence-corrected chi connectivity index (χ1v) is 33.4. The highest BCUT2D eigenvalue weighted by Gasteiger charge is 2.23. The molecule has 0 spiro atoms. The predicted molar refractivity (Wildman–Crippen MR) is 335 cm³/mol. The number of benzene rings is 4. The van der Waals surface area contributed by atoms with E-state index in [0.29, 0.717) is 142 Å². The summed E-state index contributed by atoms with van der Waals surface area (Å²) in [6.07, 6.45) is 4.84. The van der Waals surface area contributed by atoms with Gasteiger partial charge >= 0.3 is 35.8 Å².